The predicted octanol–water partition coefficient (Wildman–Crippen LogP) is 4.31. The van der Waals surface area contributed by atoms with Crippen molar-refractivity contribution in [2.24, 2.45) is 5.92 Å². The third-order valence-electron chi connectivity index (χ3n) is 5.47. The average Bonchev–Trinajstić information content (AvgIpc) is 3.36. The van der Waals surface area contributed by atoms with Gasteiger partial charge in [-0.3, -0.25) is 4.79 Å². The first-order valence-corrected chi connectivity index (χ1v) is 10.1. The molecule has 1 fully saturated rings. The van der Waals surface area contributed by atoms with E-state index in [-0.39, 0.29) is 11.8 Å². The number of rotatable bonds is 4. The van der Waals surface area contributed by atoms with E-state index in [1.807, 2.05) is 40.6 Å². The molecule has 0 unspecified atom stereocenters. The van der Waals surface area contributed by atoms with Crippen LogP contribution in [0.2, 0.25) is 0 Å². The van der Waals surface area contributed by atoms with Crippen LogP contribution in [0.5, 0.6) is 0 Å². The van der Waals surface area contributed by atoms with Crippen LogP contribution in [0.3, 0.4) is 0 Å². The molecule has 26 heavy (non-hydrogen) atoms. The number of aromatic nitrogens is 1. The maximum atomic E-state index is 12.9. The van der Waals surface area contributed by atoms with Crippen molar-refractivity contribution in [1.29, 1.82) is 0 Å². The molecule has 4 rings (SSSR count). The summed E-state index contributed by atoms with van der Waals surface area (Å²) in [6, 6.07) is 12.0. The summed E-state index contributed by atoms with van der Waals surface area (Å²) < 4.78 is 2.18. The molecule has 1 aromatic carbocycles. The van der Waals surface area contributed by atoms with Gasteiger partial charge < -0.3 is 14.6 Å². The van der Waals surface area contributed by atoms with Crippen molar-refractivity contribution < 1.29 is 9.90 Å². The van der Waals surface area contributed by atoms with Crippen molar-refractivity contribution in [1.82, 2.24) is 9.47 Å². The van der Waals surface area contributed by atoms with E-state index in [9.17, 15) is 9.90 Å². The molecule has 0 aliphatic carbocycles. The van der Waals surface area contributed by atoms with Gasteiger partial charge in [-0.1, -0.05) is 6.07 Å². The first-order valence-electron chi connectivity index (χ1n) is 9.27. The molecule has 1 aliphatic heterocycles. The number of fused-ring (bicyclic) bond motifs is 1. The van der Waals surface area contributed by atoms with E-state index in [0.29, 0.717) is 13.1 Å². The number of hydrogen-bond acceptors (Lipinski definition) is 3. The van der Waals surface area contributed by atoms with Crippen LogP contribution in [-0.4, -0.2) is 33.6 Å². The molecule has 1 saturated heterocycles. The summed E-state index contributed by atoms with van der Waals surface area (Å²) in [5, 5.41) is 13.6. The molecule has 1 aliphatic rings. The molecule has 0 spiro atoms. The second-order valence-corrected chi connectivity index (χ2v) is 7.94. The van der Waals surface area contributed by atoms with Gasteiger partial charge in [0.05, 0.1) is 6.10 Å². The highest BCUT2D eigenvalue weighted by atomic mass is 32.1. The minimum absolute atomic E-state index is 0.0974. The van der Waals surface area contributed by atoms with E-state index in [4.69, 9.17) is 0 Å². The lowest BCUT2D eigenvalue weighted by molar-refractivity contribution is 0.0474. The molecule has 0 saturated carbocycles. The SMILES string of the molecule is CCn1ccc2cc(C(=O)N3CCC([C@H](O)c4cccs4)CC3)ccc21. The highest BCUT2D eigenvalue weighted by Gasteiger charge is 2.29. The van der Waals surface area contributed by atoms with Crippen LogP contribution >= 0.6 is 11.3 Å². The smallest absolute Gasteiger partial charge is 0.253 e. The molecule has 3 heterocycles. The molecular formula is C21H24N2O2S. The Balaban J connectivity index is 1.43. The van der Waals surface area contributed by atoms with Gasteiger partial charge in [0.15, 0.2) is 0 Å². The van der Waals surface area contributed by atoms with Gasteiger partial charge in [0.1, 0.15) is 0 Å². The van der Waals surface area contributed by atoms with Crippen molar-refractivity contribution in [2.45, 2.75) is 32.4 Å². The number of likely N-dealkylation sites (tertiary alicyclic amines) is 1. The number of piperidine rings is 1. The number of aryl methyl sites for hydroxylation is 1. The summed E-state index contributed by atoms with van der Waals surface area (Å²) in [5.41, 5.74) is 1.92. The molecular weight excluding hydrogens is 344 g/mol. The topological polar surface area (TPSA) is 45.5 Å². The maximum Gasteiger partial charge on any atom is 0.253 e. The molecule has 1 N–H and O–H groups in total. The van der Waals surface area contributed by atoms with Gasteiger partial charge in [0, 0.05) is 47.2 Å². The Hall–Kier alpha value is -2.11. The second kappa shape index (κ2) is 7.25. The molecule has 1 atom stereocenters. The molecule has 1 amide bonds. The van der Waals surface area contributed by atoms with Crippen LogP contribution in [0, 0.1) is 5.92 Å². The lowest BCUT2D eigenvalue weighted by atomic mass is 9.90. The first kappa shape index (κ1) is 17.3. The maximum absolute atomic E-state index is 12.9. The van der Waals surface area contributed by atoms with Crippen molar-refractivity contribution >= 4 is 28.1 Å². The Bertz CT molecular complexity index is 892. The standard InChI is InChI=1S/C21H24N2O2S/c1-2-22-10-9-16-14-17(5-6-18(16)22)21(25)23-11-7-15(8-12-23)20(24)19-4-3-13-26-19/h3-6,9-10,13-15,20,24H,2,7-8,11-12H2,1H3/t20-/m0/s1. The van der Waals surface area contributed by atoms with E-state index in [1.54, 1.807) is 11.3 Å². The van der Waals surface area contributed by atoms with Crippen molar-refractivity contribution in [3.63, 3.8) is 0 Å². The zero-order valence-electron chi connectivity index (χ0n) is 15.0. The Morgan fingerprint density at radius 2 is 2.08 bits per heavy atom. The number of aliphatic hydroxyl groups is 1. The zero-order valence-corrected chi connectivity index (χ0v) is 15.8. The normalized spacial score (nSPS) is 16.9. The molecule has 4 nitrogen and oxygen atoms in total. The van der Waals surface area contributed by atoms with Crippen LogP contribution in [0.25, 0.3) is 10.9 Å². The van der Waals surface area contributed by atoms with Crippen LogP contribution in [0.4, 0.5) is 0 Å². The Morgan fingerprint density at radius 1 is 1.27 bits per heavy atom. The van der Waals surface area contributed by atoms with Crippen LogP contribution in [0.1, 0.15) is 41.1 Å². The lowest BCUT2D eigenvalue weighted by Gasteiger charge is -2.34. The van der Waals surface area contributed by atoms with E-state index < -0.39 is 6.10 Å². The molecule has 0 radical (unpaired) electrons. The van der Waals surface area contributed by atoms with Gasteiger partial charge in [-0.2, -0.15) is 0 Å². The van der Waals surface area contributed by atoms with Crippen LogP contribution < -0.4 is 0 Å². The third kappa shape index (κ3) is 3.17. The number of nitrogens with zero attached hydrogens (tertiary/aromatic N) is 2. The largest absolute Gasteiger partial charge is 0.387 e. The minimum Gasteiger partial charge on any atom is -0.387 e. The molecule has 5 heteroatoms. The first-order chi connectivity index (χ1) is 12.7. The summed E-state index contributed by atoms with van der Waals surface area (Å²) in [4.78, 5) is 15.8. The summed E-state index contributed by atoms with van der Waals surface area (Å²) in [5.74, 6) is 0.332. The van der Waals surface area contributed by atoms with E-state index in [1.165, 1.54) is 5.52 Å². The van der Waals surface area contributed by atoms with Gasteiger partial charge in [0.25, 0.3) is 5.91 Å². The Labute approximate surface area is 157 Å². The quantitative estimate of drug-likeness (QED) is 0.746. The fourth-order valence-electron chi connectivity index (χ4n) is 3.90. The predicted molar refractivity (Wildman–Crippen MR) is 106 cm³/mol. The summed E-state index contributed by atoms with van der Waals surface area (Å²) in [6.07, 6.45) is 3.35. The molecule has 2 aromatic heterocycles. The van der Waals surface area contributed by atoms with Crippen molar-refractivity contribution in [3.8, 4) is 0 Å². The zero-order chi connectivity index (χ0) is 18.1. The van der Waals surface area contributed by atoms with Crippen LogP contribution in [0.15, 0.2) is 48.0 Å². The number of thiophene rings is 1. The Morgan fingerprint density at radius 3 is 2.77 bits per heavy atom. The third-order valence-corrected chi connectivity index (χ3v) is 6.41. The summed E-state index contributed by atoms with van der Waals surface area (Å²) in [7, 11) is 0. The number of hydrogen-bond donors (Lipinski definition) is 1. The fraction of sp³-hybridized carbons (Fsp3) is 0.381. The van der Waals surface area contributed by atoms with Gasteiger partial charge in [-0.05, 0) is 61.4 Å². The van der Waals surface area contributed by atoms with Crippen LogP contribution in [-0.2, 0) is 6.54 Å². The van der Waals surface area contributed by atoms with E-state index in [0.717, 1.165) is 35.2 Å². The minimum atomic E-state index is -0.405. The summed E-state index contributed by atoms with van der Waals surface area (Å²) >= 11 is 1.60. The second-order valence-electron chi connectivity index (χ2n) is 6.97. The van der Waals surface area contributed by atoms with Crippen molar-refractivity contribution in [3.05, 3.63) is 58.4 Å². The Kier molecular flexibility index (Phi) is 4.83. The molecule has 3 aromatic rings. The number of carbonyl (C=O) groups is 1. The number of aliphatic hydroxyl groups excluding tert-OH is 1. The highest BCUT2D eigenvalue weighted by Crippen LogP contribution is 2.33. The number of carbonyl (C=O) groups excluding carboxylic acids is 1. The van der Waals surface area contributed by atoms with Gasteiger partial charge >= 0.3 is 0 Å². The average molecular weight is 369 g/mol. The fourth-order valence-corrected chi connectivity index (χ4v) is 4.70. The van der Waals surface area contributed by atoms with E-state index >= 15 is 0 Å². The lowest BCUT2D eigenvalue weighted by Crippen LogP contribution is -2.39. The number of benzene rings is 1. The number of amides is 1. The van der Waals surface area contributed by atoms with Gasteiger partial charge in [0.2, 0.25) is 0 Å². The highest BCUT2D eigenvalue weighted by molar-refractivity contribution is 7.10. The van der Waals surface area contributed by atoms with Crippen molar-refractivity contribution in [2.75, 3.05) is 13.1 Å². The monoisotopic (exact) mass is 368 g/mol. The van der Waals surface area contributed by atoms with E-state index in [2.05, 4.69) is 23.8 Å². The van der Waals surface area contributed by atoms with Gasteiger partial charge in [-0.25, -0.2) is 0 Å². The molecule has 0 bridgehead atoms. The summed E-state index contributed by atoms with van der Waals surface area (Å²) in [6.45, 7) is 4.46. The van der Waals surface area contributed by atoms with Gasteiger partial charge in [-0.15, -0.1) is 11.3 Å². The molecule has 136 valence electrons.